The lowest BCUT2D eigenvalue weighted by atomic mass is 9.86. The van der Waals surface area contributed by atoms with Gasteiger partial charge < -0.3 is 10.6 Å². The Kier molecular flexibility index (Phi) is 3.05. The summed E-state index contributed by atoms with van der Waals surface area (Å²) < 4.78 is 25.7. The van der Waals surface area contributed by atoms with Gasteiger partial charge in [-0.2, -0.15) is 0 Å². The predicted molar refractivity (Wildman–Crippen MR) is 53.7 cm³/mol. The topological polar surface area (TPSA) is 44.1 Å². The van der Waals surface area contributed by atoms with E-state index in [2.05, 4.69) is 0 Å². The monoisotopic (exact) mass is 219 g/mol. The summed E-state index contributed by atoms with van der Waals surface area (Å²) in [6.07, 6.45) is -0.282. The molecule has 0 bridgehead atoms. The van der Waals surface area contributed by atoms with Crippen molar-refractivity contribution in [1.29, 1.82) is 0 Å². The number of hydrogen-bond acceptors (Lipinski definition) is 1. The summed E-state index contributed by atoms with van der Waals surface area (Å²) in [5.74, 6) is -3.26. The summed E-state index contributed by atoms with van der Waals surface area (Å²) in [6, 6.07) is -0.966. The molecule has 0 unspecified atom stereocenters. The first-order valence-electron chi connectivity index (χ1n) is 5.01. The highest BCUT2D eigenvalue weighted by atomic mass is 19.3. The molecule has 3 nitrogen and oxygen atoms in total. The Bertz CT molecular complexity index is 261. The molecule has 1 saturated heterocycles. The number of nitrogens with one attached hydrogen (secondary N) is 1. The average molecular weight is 219 g/mol. The van der Waals surface area contributed by atoms with Crippen LogP contribution in [-0.4, -0.2) is 35.9 Å². The maximum atomic E-state index is 12.9. The molecule has 15 heavy (non-hydrogen) atoms. The van der Waals surface area contributed by atoms with Crippen molar-refractivity contribution in [3.63, 3.8) is 0 Å². The minimum atomic E-state index is -2.77. The zero-order valence-electron chi connectivity index (χ0n) is 9.31. The molecule has 5 heteroatoms. The number of hydrogen-bond donors (Lipinski definition) is 0. The van der Waals surface area contributed by atoms with Crippen molar-refractivity contribution in [3.8, 4) is 0 Å². The molecule has 0 spiro atoms. The first-order chi connectivity index (χ1) is 6.63. The zero-order chi connectivity index (χ0) is 11.9. The van der Waals surface area contributed by atoms with Crippen molar-refractivity contribution in [2.75, 3.05) is 13.1 Å². The van der Waals surface area contributed by atoms with E-state index in [1.54, 1.807) is 20.8 Å². The fourth-order valence-electron chi connectivity index (χ4n) is 1.48. The van der Waals surface area contributed by atoms with Crippen molar-refractivity contribution < 1.29 is 13.6 Å². The number of alkyl halides is 2. The molecule has 0 saturated carbocycles. The van der Waals surface area contributed by atoms with Gasteiger partial charge in [-0.15, -0.1) is 0 Å². The van der Waals surface area contributed by atoms with Crippen LogP contribution in [0.3, 0.4) is 0 Å². The second-order valence-corrected chi connectivity index (χ2v) is 5.16. The van der Waals surface area contributed by atoms with Crippen molar-refractivity contribution in [3.05, 3.63) is 5.73 Å². The average Bonchev–Trinajstić information content (AvgIpc) is 2.42. The fourth-order valence-corrected chi connectivity index (χ4v) is 1.48. The van der Waals surface area contributed by atoms with Gasteiger partial charge in [0.2, 0.25) is 5.91 Å². The standard InChI is InChI=1S/C10H17F2N2O/c1-9(2,3)7(13)8(15)14-5-4-10(11,12)6-14/h7,13H,4-6H2,1-3H3/q-1/t7-/m0/s1. The zero-order valence-corrected chi connectivity index (χ0v) is 9.31. The molecule has 1 atom stereocenters. The molecule has 1 rings (SSSR count). The van der Waals surface area contributed by atoms with E-state index in [-0.39, 0.29) is 13.0 Å². The van der Waals surface area contributed by atoms with E-state index in [9.17, 15) is 13.6 Å². The van der Waals surface area contributed by atoms with E-state index >= 15 is 0 Å². The summed E-state index contributed by atoms with van der Waals surface area (Å²) in [5.41, 5.74) is 7.18. The van der Waals surface area contributed by atoms with Crippen LogP contribution in [0.15, 0.2) is 0 Å². The highest BCUT2D eigenvalue weighted by Crippen LogP contribution is 2.30. The van der Waals surface area contributed by atoms with Gasteiger partial charge in [-0.1, -0.05) is 26.8 Å². The molecule has 0 aromatic heterocycles. The van der Waals surface area contributed by atoms with Crippen molar-refractivity contribution >= 4 is 5.91 Å². The molecule has 0 radical (unpaired) electrons. The normalized spacial score (nSPS) is 22.9. The summed E-state index contributed by atoms with van der Waals surface area (Å²) in [4.78, 5) is 12.8. The van der Waals surface area contributed by atoms with Crippen LogP contribution < -0.4 is 0 Å². The second-order valence-electron chi connectivity index (χ2n) is 5.16. The largest absolute Gasteiger partial charge is 0.666 e. The summed E-state index contributed by atoms with van der Waals surface area (Å²) in [5, 5.41) is 0. The summed E-state index contributed by atoms with van der Waals surface area (Å²) in [6.45, 7) is 4.82. The van der Waals surface area contributed by atoms with E-state index in [1.807, 2.05) is 0 Å². The molecule has 88 valence electrons. The fraction of sp³-hybridized carbons (Fsp3) is 0.900. The minimum absolute atomic E-state index is 0.0668. The van der Waals surface area contributed by atoms with E-state index < -0.39 is 29.8 Å². The molecular weight excluding hydrogens is 202 g/mol. The molecule has 1 aliphatic rings. The summed E-state index contributed by atoms with van der Waals surface area (Å²) in [7, 11) is 0. The van der Waals surface area contributed by atoms with E-state index in [0.717, 1.165) is 4.90 Å². The van der Waals surface area contributed by atoms with Crippen LogP contribution in [0.5, 0.6) is 0 Å². The van der Waals surface area contributed by atoms with Crippen LogP contribution in [0.2, 0.25) is 0 Å². The van der Waals surface area contributed by atoms with Crippen molar-refractivity contribution in [1.82, 2.24) is 4.90 Å². The van der Waals surface area contributed by atoms with Gasteiger partial charge in [0.1, 0.15) is 0 Å². The van der Waals surface area contributed by atoms with E-state index in [1.165, 1.54) is 0 Å². The lowest BCUT2D eigenvalue weighted by Crippen LogP contribution is -2.42. The van der Waals surface area contributed by atoms with Crippen LogP contribution in [0.4, 0.5) is 8.78 Å². The van der Waals surface area contributed by atoms with Crippen LogP contribution in [-0.2, 0) is 4.79 Å². The molecule has 1 fully saturated rings. The van der Waals surface area contributed by atoms with Gasteiger partial charge >= 0.3 is 0 Å². The number of carbonyl (C=O) groups is 1. The van der Waals surface area contributed by atoms with Gasteiger partial charge in [-0.25, -0.2) is 8.78 Å². The Morgan fingerprint density at radius 1 is 1.47 bits per heavy atom. The Morgan fingerprint density at radius 3 is 2.33 bits per heavy atom. The number of amides is 1. The maximum Gasteiger partial charge on any atom is 0.267 e. The number of nitrogens with zero attached hydrogens (tertiary/aromatic N) is 1. The molecule has 1 aliphatic heterocycles. The van der Waals surface area contributed by atoms with Crippen LogP contribution in [0, 0.1) is 5.41 Å². The summed E-state index contributed by atoms with van der Waals surface area (Å²) >= 11 is 0. The third kappa shape index (κ3) is 2.87. The van der Waals surface area contributed by atoms with Crippen molar-refractivity contribution in [2.45, 2.75) is 39.2 Å². The number of likely N-dealkylation sites (tertiary alicyclic amines) is 1. The van der Waals surface area contributed by atoms with E-state index in [0.29, 0.717) is 0 Å². The number of rotatable bonds is 1. The molecular formula is C10H17F2N2O-. The number of halogens is 2. The third-order valence-corrected chi connectivity index (χ3v) is 2.59. The molecule has 0 aliphatic carbocycles. The molecule has 1 N–H and O–H groups in total. The predicted octanol–water partition coefficient (Wildman–Crippen LogP) is 2.32. The Hall–Kier alpha value is -0.710. The maximum absolute atomic E-state index is 12.9. The number of carbonyl (C=O) groups excluding carboxylic acids is 1. The smallest absolute Gasteiger partial charge is 0.267 e. The highest BCUT2D eigenvalue weighted by molar-refractivity contribution is 5.84. The SMILES string of the molecule is CC(C)(C)[C@@H]([NH-])C(=O)N1CCC(F)(F)C1. The van der Waals surface area contributed by atoms with Gasteiger partial charge in [0.15, 0.2) is 0 Å². The van der Waals surface area contributed by atoms with Gasteiger partial charge in [0.05, 0.1) is 6.54 Å². The molecule has 1 heterocycles. The highest BCUT2D eigenvalue weighted by Gasteiger charge is 2.41. The van der Waals surface area contributed by atoms with Gasteiger partial charge in [-0.3, -0.25) is 4.79 Å². The quantitative estimate of drug-likeness (QED) is 0.667. The second kappa shape index (κ2) is 3.70. The third-order valence-electron chi connectivity index (χ3n) is 2.59. The van der Waals surface area contributed by atoms with E-state index in [4.69, 9.17) is 5.73 Å². The Labute approximate surface area is 88.6 Å². The Balaban J connectivity index is 2.64. The minimum Gasteiger partial charge on any atom is -0.666 e. The lowest BCUT2D eigenvalue weighted by Gasteiger charge is -2.36. The van der Waals surface area contributed by atoms with Gasteiger partial charge in [0, 0.05) is 13.0 Å². The lowest BCUT2D eigenvalue weighted by molar-refractivity contribution is -0.134. The molecule has 1 amide bonds. The molecule has 0 aromatic carbocycles. The first-order valence-corrected chi connectivity index (χ1v) is 5.01. The first kappa shape index (κ1) is 12.4. The van der Waals surface area contributed by atoms with Crippen LogP contribution in [0.25, 0.3) is 5.73 Å². The van der Waals surface area contributed by atoms with Crippen molar-refractivity contribution in [2.24, 2.45) is 5.41 Å². The Morgan fingerprint density at radius 2 is 2.00 bits per heavy atom. The van der Waals surface area contributed by atoms with Gasteiger partial charge in [0.25, 0.3) is 5.92 Å². The van der Waals surface area contributed by atoms with Crippen LogP contribution >= 0.6 is 0 Å². The molecule has 0 aromatic rings. The van der Waals surface area contributed by atoms with Crippen LogP contribution in [0.1, 0.15) is 27.2 Å². The van der Waals surface area contributed by atoms with Gasteiger partial charge in [-0.05, 0) is 5.41 Å².